The molecule has 1 aromatic heterocycles. The Morgan fingerprint density at radius 3 is 2.73 bits per heavy atom. The van der Waals surface area contributed by atoms with Crippen LogP contribution in [0.4, 0.5) is 5.69 Å². The Kier molecular flexibility index (Phi) is 10.4. The van der Waals surface area contributed by atoms with Crippen molar-refractivity contribution in [3.05, 3.63) is 35.9 Å². The summed E-state index contributed by atoms with van der Waals surface area (Å²) in [5.74, 6) is 3.31. The highest BCUT2D eigenvalue weighted by Gasteiger charge is 2.16. The lowest BCUT2D eigenvalue weighted by molar-refractivity contribution is 0.172. The highest BCUT2D eigenvalue weighted by atomic mass is 127. The summed E-state index contributed by atoms with van der Waals surface area (Å²) in [7, 11) is 3.66. The predicted octanol–water partition coefficient (Wildman–Crippen LogP) is 3.66. The Bertz CT molecular complexity index is 805. The second kappa shape index (κ2) is 12.7. The summed E-state index contributed by atoms with van der Waals surface area (Å²) in [6, 6.07) is 8.40. The summed E-state index contributed by atoms with van der Waals surface area (Å²) in [6.45, 7) is 3.73. The number of aliphatic imine (C=N–C) groups is 1. The van der Waals surface area contributed by atoms with Gasteiger partial charge in [0.25, 0.3) is 0 Å². The highest BCUT2D eigenvalue weighted by molar-refractivity contribution is 14.0. The zero-order valence-corrected chi connectivity index (χ0v) is 20.4. The highest BCUT2D eigenvalue weighted by Crippen LogP contribution is 2.20. The molecule has 1 saturated carbocycles. The molecule has 1 aromatic carbocycles. The molecule has 0 spiro atoms. The first-order valence-corrected chi connectivity index (χ1v) is 10.3. The molecule has 1 aliphatic carbocycles. The number of hydrogen-bond donors (Lipinski definition) is 2. The number of methoxy groups -OCH3 is 1. The molecule has 0 aliphatic heterocycles. The van der Waals surface area contributed by atoms with Crippen LogP contribution in [0, 0.1) is 6.92 Å². The van der Waals surface area contributed by atoms with E-state index in [1.165, 1.54) is 25.7 Å². The fraction of sp³-hybridized carbons (Fsp3) is 0.571. The van der Waals surface area contributed by atoms with Gasteiger partial charge in [0.05, 0.1) is 6.61 Å². The summed E-state index contributed by atoms with van der Waals surface area (Å²) in [5, 5.41) is 15.3. The van der Waals surface area contributed by atoms with Crippen LogP contribution in [0.2, 0.25) is 0 Å². The van der Waals surface area contributed by atoms with Gasteiger partial charge in [0, 0.05) is 45.0 Å². The number of aromatic nitrogens is 3. The number of rotatable bonds is 9. The molecule has 0 radical (unpaired) electrons. The molecule has 1 fully saturated rings. The van der Waals surface area contributed by atoms with E-state index in [1.807, 2.05) is 42.8 Å². The molecule has 2 aromatic rings. The SMILES string of the molecule is COCCCOc1cccc(NC(=NCc2nnc(C)n2C)NC2CCCC2)c1.I. The van der Waals surface area contributed by atoms with Crippen molar-refractivity contribution in [2.24, 2.45) is 12.0 Å². The Morgan fingerprint density at radius 2 is 2.03 bits per heavy atom. The van der Waals surface area contributed by atoms with Crippen LogP contribution in [0.5, 0.6) is 5.75 Å². The summed E-state index contributed by atoms with van der Waals surface area (Å²) < 4.78 is 12.8. The van der Waals surface area contributed by atoms with E-state index in [9.17, 15) is 0 Å². The van der Waals surface area contributed by atoms with Gasteiger partial charge in [-0.05, 0) is 31.9 Å². The molecule has 9 heteroatoms. The summed E-state index contributed by atoms with van der Waals surface area (Å²) in [4.78, 5) is 4.76. The zero-order valence-electron chi connectivity index (χ0n) is 18.1. The number of halogens is 1. The van der Waals surface area contributed by atoms with E-state index in [-0.39, 0.29) is 24.0 Å². The monoisotopic (exact) mass is 528 g/mol. The van der Waals surface area contributed by atoms with Crippen LogP contribution in [0.25, 0.3) is 0 Å². The number of ether oxygens (including phenoxy) is 2. The fourth-order valence-electron chi connectivity index (χ4n) is 3.32. The minimum absolute atomic E-state index is 0. The number of nitrogens with one attached hydrogen (secondary N) is 2. The topological polar surface area (TPSA) is 85.6 Å². The van der Waals surface area contributed by atoms with Gasteiger partial charge < -0.3 is 24.7 Å². The fourth-order valence-corrected chi connectivity index (χ4v) is 3.32. The summed E-state index contributed by atoms with van der Waals surface area (Å²) in [5.41, 5.74) is 0.938. The minimum atomic E-state index is 0. The molecule has 1 aliphatic rings. The summed E-state index contributed by atoms with van der Waals surface area (Å²) in [6.07, 6.45) is 5.73. The van der Waals surface area contributed by atoms with Crippen molar-refractivity contribution >= 4 is 35.6 Å². The molecule has 0 bridgehead atoms. The van der Waals surface area contributed by atoms with Gasteiger partial charge in [0.15, 0.2) is 11.8 Å². The van der Waals surface area contributed by atoms with E-state index in [1.54, 1.807) is 7.11 Å². The normalized spacial score (nSPS) is 14.4. The Morgan fingerprint density at radius 1 is 1.23 bits per heavy atom. The number of guanidine groups is 1. The molecule has 3 rings (SSSR count). The van der Waals surface area contributed by atoms with Crippen molar-refractivity contribution in [1.29, 1.82) is 0 Å². The average Bonchev–Trinajstić information content (AvgIpc) is 3.34. The number of hydrogen-bond acceptors (Lipinski definition) is 5. The van der Waals surface area contributed by atoms with E-state index in [4.69, 9.17) is 14.5 Å². The van der Waals surface area contributed by atoms with Crippen molar-refractivity contribution in [2.75, 3.05) is 25.6 Å². The molecule has 0 saturated heterocycles. The van der Waals surface area contributed by atoms with E-state index in [2.05, 4.69) is 20.8 Å². The number of benzene rings is 1. The molecule has 1 heterocycles. The van der Waals surface area contributed by atoms with E-state index < -0.39 is 0 Å². The lowest BCUT2D eigenvalue weighted by Crippen LogP contribution is -2.37. The van der Waals surface area contributed by atoms with Gasteiger partial charge in [-0.2, -0.15) is 0 Å². The molecule has 0 unspecified atom stereocenters. The Balaban J connectivity index is 0.00000320. The first kappa shape index (κ1) is 24.4. The van der Waals surface area contributed by atoms with Gasteiger partial charge in [-0.25, -0.2) is 4.99 Å². The van der Waals surface area contributed by atoms with Crippen LogP contribution in [-0.4, -0.2) is 47.1 Å². The molecular weight excluding hydrogens is 495 g/mol. The van der Waals surface area contributed by atoms with Crippen molar-refractivity contribution in [3.63, 3.8) is 0 Å². The number of anilines is 1. The zero-order chi connectivity index (χ0) is 20.5. The minimum Gasteiger partial charge on any atom is -0.493 e. The van der Waals surface area contributed by atoms with Crippen LogP contribution in [0.15, 0.2) is 29.3 Å². The van der Waals surface area contributed by atoms with Crippen LogP contribution in [0.3, 0.4) is 0 Å². The van der Waals surface area contributed by atoms with Crippen LogP contribution >= 0.6 is 24.0 Å². The van der Waals surface area contributed by atoms with Crippen molar-refractivity contribution in [2.45, 2.75) is 51.6 Å². The standard InChI is InChI=1S/C21H32N6O2.HI/c1-16-25-26-20(27(16)2)15-22-21(23-17-8-4-5-9-17)24-18-10-6-11-19(14-18)29-13-7-12-28-3;/h6,10-11,14,17H,4-5,7-9,12-13,15H2,1-3H3,(H2,22,23,24);1H. The molecule has 2 N–H and O–H groups in total. The maximum Gasteiger partial charge on any atom is 0.196 e. The molecule has 30 heavy (non-hydrogen) atoms. The maximum absolute atomic E-state index is 5.81. The second-order valence-electron chi connectivity index (χ2n) is 7.36. The Hall–Kier alpha value is -1.88. The number of aryl methyl sites for hydroxylation is 1. The van der Waals surface area contributed by atoms with E-state index in [0.717, 1.165) is 35.5 Å². The molecule has 0 amide bonds. The summed E-state index contributed by atoms with van der Waals surface area (Å²) >= 11 is 0. The Labute approximate surface area is 195 Å². The molecular formula is C21H33IN6O2. The van der Waals surface area contributed by atoms with Gasteiger partial charge in [-0.15, -0.1) is 34.2 Å². The third-order valence-corrected chi connectivity index (χ3v) is 5.12. The first-order chi connectivity index (χ1) is 14.2. The second-order valence-corrected chi connectivity index (χ2v) is 7.36. The van der Waals surface area contributed by atoms with Gasteiger partial charge in [-0.1, -0.05) is 18.9 Å². The van der Waals surface area contributed by atoms with E-state index in [0.29, 0.717) is 25.8 Å². The maximum atomic E-state index is 5.81. The largest absolute Gasteiger partial charge is 0.493 e. The first-order valence-electron chi connectivity index (χ1n) is 10.3. The van der Waals surface area contributed by atoms with Crippen LogP contribution in [0.1, 0.15) is 43.8 Å². The lowest BCUT2D eigenvalue weighted by Gasteiger charge is -2.18. The average molecular weight is 528 g/mol. The van der Waals surface area contributed by atoms with Crippen molar-refractivity contribution in [1.82, 2.24) is 20.1 Å². The lowest BCUT2D eigenvalue weighted by atomic mass is 10.2. The quantitative estimate of drug-likeness (QED) is 0.224. The van der Waals surface area contributed by atoms with Gasteiger partial charge in [0.1, 0.15) is 18.1 Å². The number of nitrogens with zero attached hydrogens (tertiary/aromatic N) is 4. The predicted molar refractivity (Wildman–Crippen MR) is 130 cm³/mol. The van der Waals surface area contributed by atoms with Gasteiger partial charge in [-0.3, -0.25) is 0 Å². The van der Waals surface area contributed by atoms with Crippen molar-refractivity contribution in [3.8, 4) is 5.75 Å². The van der Waals surface area contributed by atoms with E-state index >= 15 is 0 Å². The molecule has 0 atom stereocenters. The molecule has 166 valence electrons. The van der Waals surface area contributed by atoms with Gasteiger partial charge in [0.2, 0.25) is 0 Å². The third-order valence-electron chi connectivity index (χ3n) is 5.12. The third kappa shape index (κ3) is 7.42. The molecule has 8 nitrogen and oxygen atoms in total. The van der Waals surface area contributed by atoms with Gasteiger partial charge >= 0.3 is 0 Å². The smallest absolute Gasteiger partial charge is 0.196 e. The van der Waals surface area contributed by atoms with Crippen LogP contribution in [-0.2, 0) is 18.3 Å². The van der Waals surface area contributed by atoms with Crippen LogP contribution < -0.4 is 15.4 Å². The van der Waals surface area contributed by atoms with Crippen molar-refractivity contribution < 1.29 is 9.47 Å².